The zero-order valence-corrected chi connectivity index (χ0v) is 17.8. The van der Waals surface area contributed by atoms with Crippen molar-refractivity contribution in [1.29, 1.82) is 0 Å². The molecule has 1 aromatic heterocycles. The Morgan fingerprint density at radius 1 is 1.00 bits per heavy atom. The fourth-order valence-corrected chi connectivity index (χ4v) is 4.82. The first kappa shape index (κ1) is 20.8. The molecule has 1 fully saturated rings. The molecule has 8 heteroatoms. The number of aromatic amines is 1. The second-order valence-electron chi connectivity index (χ2n) is 8.24. The van der Waals surface area contributed by atoms with Gasteiger partial charge in [-0.25, -0.2) is 0 Å². The van der Waals surface area contributed by atoms with E-state index >= 15 is 0 Å². The van der Waals surface area contributed by atoms with E-state index in [1.165, 1.54) is 19.8 Å². The smallest absolute Gasteiger partial charge is 0.393 e. The molecule has 0 saturated carbocycles. The summed E-state index contributed by atoms with van der Waals surface area (Å²) >= 11 is 0. The molecule has 2 atom stereocenters. The lowest BCUT2D eigenvalue weighted by Gasteiger charge is -2.14. The van der Waals surface area contributed by atoms with Crippen molar-refractivity contribution in [3.8, 4) is 22.8 Å². The Kier molecular flexibility index (Phi) is 5.04. The molecule has 5 nitrogen and oxygen atoms in total. The van der Waals surface area contributed by atoms with Crippen molar-refractivity contribution in [2.75, 3.05) is 27.3 Å². The first-order valence-electron chi connectivity index (χ1n) is 10.5. The van der Waals surface area contributed by atoms with E-state index in [1.54, 1.807) is 18.2 Å². The summed E-state index contributed by atoms with van der Waals surface area (Å²) in [6, 6.07) is 10.9. The number of H-pyrrole nitrogens is 1. The van der Waals surface area contributed by atoms with Crippen LogP contribution in [0.2, 0.25) is 0 Å². The highest BCUT2D eigenvalue weighted by Crippen LogP contribution is 2.41. The fourth-order valence-electron chi connectivity index (χ4n) is 4.82. The van der Waals surface area contributed by atoms with Crippen LogP contribution in [0.25, 0.3) is 22.2 Å². The van der Waals surface area contributed by atoms with Crippen LogP contribution in [0.1, 0.15) is 17.2 Å². The number of aromatic nitrogens is 1. The molecule has 32 heavy (non-hydrogen) atoms. The van der Waals surface area contributed by atoms with E-state index < -0.39 is 12.6 Å². The van der Waals surface area contributed by atoms with E-state index in [2.05, 4.69) is 15.6 Å². The molecule has 5 rings (SSSR count). The summed E-state index contributed by atoms with van der Waals surface area (Å²) in [5.41, 5.74) is 4.19. The molecule has 2 aliphatic heterocycles. The van der Waals surface area contributed by atoms with Gasteiger partial charge in [0, 0.05) is 35.5 Å². The van der Waals surface area contributed by atoms with E-state index in [0.717, 1.165) is 18.7 Å². The average molecular weight is 443 g/mol. The molecule has 0 radical (unpaired) electrons. The average Bonchev–Trinajstić information content (AvgIpc) is 3.47. The molecular weight excluding hydrogens is 419 g/mol. The number of ether oxygens (including phenoxy) is 2. The van der Waals surface area contributed by atoms with Crippen molar-refractivity contribution in [3.05, 3.63) is 59.3 Å². The lowest BCUT2D eigenvalue weighted by Crippen LogP contribution is -2.18. The molecule has 0 spiro atoms. The molecule has 0 amide bonds. The van der Waals surface area contributed by atoms with Crippen LogP contribution in [-0.4, -0.2) is 38.5 Å². The number of hydrogen-bond acceptors (Lipinski definition) is 4. The topological polar surface area (TPSA) is 58.3 Å². The number of nitrogens with one attached hydrogen (secondary N) is 3. The number of hydrogen-bond donors (Lipinski definition) is 3. The van der Waals surface area contributed by atoms with Crippen LogP contribution in [0.5, 0.6) is 11.5 Å². The molecule has 0 bridgehead atoms. The van der Waals surface area contributed by atoms with Crippen molar-refractivity contribution in [2.24, 2.45) is 5.92 Å². The lowest BCUT2D eigenvalue weighted by atomic mass is 9.94. The van der Waals surface area contributed by atoms with Crippen LogP contribution in [0.4, 0.5) is 13.2 Å². The van der Waals surface area contributed by atoms with Gasteiger partial charge in [0.15, 0.2) is 11.5 Å². The fraction of sp³-hybridized carbons (Fsp3) is 0.333. The Morgan fingerprint density at radius 3 is 2.56 bits per heavy atom. The highest BCUT2D eigenvalue weighted by Gasteiger charge is 2.35. The number of benzene rings is 2. The molecule has 2 aliphatic rings. The summed E-state index contributed by atoms with van der Waals surface area (Å²) in [5.74, 6) is 1.41. The molecule has 3 N–H and O–H groups in total. The number of halogens is 3. The van der Waals surface area contributed by atoms with Crippen LogP contribution < -0.4 is 20.1 Å². The predicted octanol–water partition coefficient (Wildman–Crippen LogP) is 4.70. The number of rotatable bonds is 5. The second kappa shape index (κ2) is 7.78. The summed E-state index contributed by atoms with van der Waals surface area (Å²) in [6.07, 6.45) is -3.33. The van der Waals surface area contributed by atoms with Crippen LogP contribution >= 0.6 is 0 Å². The summed E-state index contributed by atoms with van der Waals surface area (Å²) in [6.45, 7) is 1.76. The van der Waals surface area contributed by atoms with Gasteiger partial charge in [-0.05, 0) is 53.2 Å². The standard InChI is InChI=1S/C24H24F3N3O2/c1-31-20-6-4-14(8-21(20)32-2)23-17(9-24(25,26)27)16-7-13(3-5-19(16)30-23)22-18-12-28-10-15(18)11-29-22/h3-8,12,15,22,28-30H,9-11H2,1-2H3. The molecule has 1 saturated heterocycles. The van der Waals surface area contributed by atoms with Crippen LogP contribution in [-0.2, 0) is 6.42 Å². The van der Waals surface area contributed by atoms with Gasteiger partial charge in [-0.15, -0.1) is 0 Å². The molecule has 0 aliphatic carbocycles. The van der Waals surface area contributed by atoms with Gasteiger partial charge < -0.3 is 25.1 Å². The molecular formula is C24H24F3N3O2. The summed E-state index contributed by atoms with van der Waals surface area (Å²) < 4.78 is 51.4. The Morgan fingerprint density at radius 2 is 1.81 bits per heavy atom. The van der Waals surface area contributed by atoms with Crippen molar-refractivity contribution in [2.45, 2.75) is 18.6 Å². The number of alkyl halides is 3. The maximum atomic E-state index is 13.6. The van der Waals surface area contributed by atoms with Gasteiger partial charge >= 0.3 is 6.18 Å². The number of methoxy groups -OCH3 is 2. The van der Waals surface area contributed by atoms with E-state index in [-0.39, 0.29) is 11.6 Å². The monoisotopic (exact) mass is 443 g/mol. The quantitative estimate of drug-likeness (QED) is 0.535. The Balaban J connectivity index is 1.64. The lowest BCUT2D eigenvalue weighted by molar-refractivity contribution is -0.126. The molecule has 3 aromatic rings. The van der Waals surface area contributed by atoms with E-state index in [4.69, 9.17) is 9.47 Å². The molecule has 3 heterocycles. The van der Waals surface area contributed by atoms with Gasteiger partial charge in [0.1, 0.15) is 0 Å². The predicted molar refractivity (Wildman–Crippen MR) is 117 cm³/mol. The number of fused-ring (bicyclic) bond motifs is 2. The van der Waals surface area contributed by atoms with Crippen molar-refractivity contribution in [1.82, 2.24) is 15.6 Å². The van der Waals surface area contributed by atoms with E-state index in [9.17, 15) is 13.2 Å². The van der Waals surface area contributed by atoms with Gasteiger partial charge in [0.05, 0.1) is 32.4 Å². The van der Waals surface area contributed by atoms with Crippen molar-refractivity contribution in [3.63, 3.8) is 0 Å². The summed E-state index contributed by atoms with van der Waals surface area (Å²) in [4.78, 5) is 3.21. The minimum Gasteiger partial charge on any atom is -0.493 e. The van der Waals surface area contributed by atoms with Crippen LogP contribution in [0, 0.1) is 5.92 Å². The summed E-state index contributed by atoms with van der Waals surface area (Å²) in [5, 5.41) is 7.36. The SMILES string of the molecule is COc1ccc(-c2[nH]c3ccc(C4NCC5CNC=C54)cc3c2CC(F)(F)F)cc1OC. The minimum absolute atomic E-state index is 0.0116. The highest BCUT2D eigenvalue weighted by atomic mass is 19.4. The normalized spacial score (nSPS) is 20.2. The minimum atomic E-state index is -4.34. The Labute approximate surface area is 183 Å². The zero-order valence-electron chi connectivity index (χ0n) is 17.8. The third-order valence-corrected chi connectivity index (χ3v) is 6.32. The zero-order chi connectivity index (χ0) is 22.5. The van der Waals surface area contributed by atoms with Crippen molar-refractivity contribution >= 4 is 10.9 Å². The highest BCUT2D eigenvalue weighted by molar-refractivity contribution is 5.92. The largest absolute Gasteiger partial charge is 0.493 e. The maximum Gasteiger partial charge on any atom is 0.393 e. The summed E-state index contributed by atoms with van der Waals surface area (Å²) in [7, 11) is 3.03. The van der Waals surface area contributed by atoms with Gasteiger partial charge in [-0.2, -0.15) is 13.2 Å². The molecule has 168 valence electrons. The van der Waals surface area contributed by atoms with Gasteiger partial charge in [0.25, 0.3) is 0 Å². The second-order valence-corrected chi connectivity index (χ2v) is 8.24. The Hall–Kier alpha value is -3.13. The third kappa shape index (κ3) is 3.58. The van der Waals surface area contributed by atoms with Crippen molar-refractivity contribution < 1.29 is 22.6 Å². The van der Waals surface area contributed by atoms with E-state index in [1.807, 2.05) is 24.4 Å². The first-order valence-corrected chi connectivity index (χ1v) is 10.5. The Bertz CT molecular complexity index is 1200. The first-order chi connectivity index (χ1) is 15.4. The maximum absolute atomic E-state index is 13.6. The third-order valence-electron chi connectivity index (χ3n) is 6.32. The molecule has 2 unspecified atom stereocenters. The van der Waals surface area contributed by atoms with Gasteiger partial charge in [0.2, 0.25) is 0 Å². The van der Waals surface area contributed by atoms with Gasteiger partial charge in [-0.3, -0.25) is 0 Å². The van der Waals surface area contributed by atoms with Crippen LogP contribution in [0.3, 0.4) is 0 Å². The van der Waals surface area contributed by atoms with E-state index in [0.29, 0.717) is 39.6 Å². The van der Waals surface area contributed by atoms with Crippen LogP contribution in [0.15, 0.2) is 48.2 Å². The van der Waals surface area contributed by atoms with Gasteiger partial charge in [-0.1, -0.05) is 6.07 Å². The molecule has 2 aromatic carbocycles.